The van der Waals surface area contributed by atoms with Crippen LogP contribution in [0.3, 0.4) is 0 Å². The predicted octanol–water partition coefficient (Wildman–Crippen LogP) is 19.4. The maximum absolute atomic E-state index is 2.61. The Morgan fingerprint density at radius 1 is 0.382 bits per heavy atom. The van der Waals surface area contributed by atoms with Gasteiger partial charge in [0.05, 0.1) is 62.1 Å². The van der Waals surface area contributed by atoms with Crippen LogP contribution < -0.4 is 24.2 Å². The highest BCUT2D eigenvalue weighted by Crippen LogP contribution is 2.57. The number of nitrogens with zero attached hydrogens (tertiary/aromatic N) is 5. The number of rotatable bonds is 10. The third-order valence-corrected chi connectivity index (χ3v) is 16.2. The molecule has 0 saturated carbocycles. The van der Waals surface area contributed by atoms with Crippen molar-refractivity contribution in [3.05, 3.63) is 273 Å². The van der Waals surface area contributed by atoms with Crippen LogP contribution in [-0.2, 0) is 12.0 Å². The molecule has 0 unspecified atom stereocenters. The van der Waals surface area contributed by atoms with Crippen LogP contribution in [0.25, 0.3) is 43.6 Å². The lowest BCUT2D eigenvalue weighted by Gasteiger charge is -2.41. The summed E-state index contributed by atoms with van der Waals surface area (Å²) in [7, 11) is 0. The molecular weight excluding hydrogens is 923 g/mol. The van der Waals surface area contributed by atoms with E-state index in [0.29, 0.717) is 0 Å². The molecule has 2 aliphatic rings. The fraction of sp³-hybridized carbons (Fsp3) is 0.0845. The van der Waals surface area contributed by atoms with Gasteiger partial charge in [0.25, 0.3) is 0 Å². The summed E-state index contributed by atoms with van der Waals surface area (Å²) < 4.78 is 2.61. The average Bonchev–Trinajstić information content (AvgIpc) is 3.54. The summed E-state index contributed by atoms with van der Waals surface area (Å²) in [5.74, 6) is 0. The number of para-hydroxylation sites is 6. The van der Waals surface area contributed by atoms with Gasteiger partial charge in [-0.1, -0.05) is 172 Å². The zero-order chi connectivity index (χ0) is 50.7. The van der Waals surface area contributed by atoms with Gasteiger partial charge in [-0.3, -0.25) is 0 Å². The number of fused-ring (bicyclic) bond motifs is 9. The maximum atomic E-state index is 2.61. The van der Waals surface area contributed by atoms with Crippen LogP contribution in [0.15, 0.2) is 267 Å². The number of hydrogen-bond donors (Lipinski definition) is 0. The normalized spacial score (nSPS) is 13.2. The maximum Gasteiger partial charge on any atom is 0.221 e. The van der Waals surface area contributed by atoms with E-state index < -0.39 is 0 Å². The lowest BCUT2D eigenvalue weighted by atomic mass is 9.78. The lowest BCUT2D eigenvalue weighted by molar-refractivity contribution is -0.757. The van der Waals surface area contributed by atoms with E-state index in [9.17, 15) is 0 Å². The molecule has 1 aromatic heterocycles. The Morgan fingerprint density at radius 2 is 0.816 bits per heavy atom. The van der Waals surface area contributed by atoms with E-state index in [-0.39, 0.29) is 5.54 Å². The first kappa shape index (κ1) is 45.2. The zero-order valence-electron chi connectivity index (χ0n) is 42.8. The molecule has 76 heavy (non-hydrogen) atoms. The summed E-state index contributed by atoms with van der Waals surface area (Å²) in [6, 6.07) is 95.9. The molecule has 0 N–H and O–H groups in total. The smallest absolute Gasteiger partial charge is 0.221 e. The minimum atomic E-state index is -0.000500. The average molecular weight is 979 g/mol. The lowest BCUT2D eigenvalue weighted by Crippen LogP contribution is -2.60. The van der Waals surface area contributed by atoms with Crippen molar-refractivity contribution < 1.29 is 4.57 Å². The van der Waals surface area contributed by atoms with Gasteiger partial charge in [-0.15, -0.1) is 0 Å². The van der Waals surface area contributed by atoms with Crippen molar-refractivity contribution in [3.8, 4) is 11.3 Å². The van der Waals surface area contributed by atoms with E-state index in [1.54, 1.807) is 0 Å². The van der Waals surface area contributed by atoms with Gasteiger partial charge in [-0.2, -0.15) is 4.57 Å². The molecule has 0 spiro atoms. The van der Waals surface area contributed by atoms with Crippen molar-refractivity contribution in [2.75, 3.05) is 19.6 Å². The Labute approximate surface area is 445 Å². The van der Waals surface area contributed by atoms with Crippen LogP contribution in [-0.4, -0.2) is 0 Å². The van der Waals surface area contributed by atoms with Crippen LogP contribution in [0.5, 0.6) is 0 Å². The van der Waals surface area contributed by atoms with Crippen LogP contribution in [0.4, 0.5) is 68.2 Å². The summed E-state index contributed by atoms with van der Waals surface area (Å²) in [5, 5.41) is 7.27. The molecule has 5 heteroatoms. The molecular formula is C71H56N5+. The molecule has 2 aliphatic heterocycles. The highest BCUT2D eigenvalue weighted by Gasteiger charge is 2.45. The number of benzene rings is 11. The Kier molecular flexibility index (Phi) is 11.0. The van der Waals surface area contributed by atoms with E-state index in [1.807, 2.05) is 0 Å². The molecule has 0 aliphatic carbocycles. The Balaban J connectivity index is 1.01. The minimum Gasteiger partial charge on any atom is -0.310 e. The van der Waals surface area contributed by atoms with Crippen molar-refractivity contribution in [2.24, 2.45) is 0 Å². The van der Waals surface area contributed by atoms with E-state index in [0.717, 1.165) is 87.5 Å². The van der Waals surface area contributed by atoms with Gasteiger partial charge in [-0.25, -0.2) is 0 Å². The molecule has 0 atom stereocenters. The molecule has 5 nitrogen and oxygen atoms in total. The second-order valence-corrected chi connectivity index (χ2v) is 20.3. The number of pyridine rings is 1. The SMILES string of the molecule is CCC1(CC)Cc2ccc(N3c4ccccc4N(c4cc(N(c5ccccc5)c5cccc6ccccc56)cc(N(c5ccccc5)c5cccc6ccccc56)c4)c4ccccc43)cc2-c2c3ccccc3cc[n+]21. The molecule has 12 aromatic rings. The summed E-state index contributed by atoms with van der Waals surface area (Å²) >= 11 is 0. The predicted molar refractivity (Wildman–Crippen MR) is 319 cm³/mol. The highest BCUT2D eigenvalue weighted by molar-refractivity contribution is 6.06. The van der Waals surface area contributed by atoms with Crippen molar-refractivity contribution in [3.63, 3.8) is 0 Å². The second-order valence-electron chi connectivity index (χ2n) is 20.3. The van der Waals surface area contributed by atoms with Gasteiger partial charge in [-0.05, 0) is 119 Å². The number of hydrogen-bond acceptors (Lipinski definition) is 4. The first-order valence-electron chi connectivity index (χ1n) is 26.8. The van der Waals surface area contributed by atoms with Gasteiger partial charge in [0.15, 0.2) is 11.7 Å². The molecule has 3 heterocycles. The van der Waals surface area contributed by atoms with Crippen LogP contribution in [0.2, 0.25) is 0 Å². The largest absolute Gasteiger partial charge is 0.310 e. The van der Waals surface area contributed by atoms with E-state index in [2.05, 4.69) is 305 Å². The van der Waals surface area contributed by atoms with Crippen molar-refractivity contribution in [1.82, 2.24) is 0 Å². The van der Waals surface area contributed by atoms with Crippen molar-refractivity contribution in [2.45, 2.75) is 38.6 Å². The molecule has 364 valence electrons. The van der Waals surface area contributed by atoms with Gasteiger partial charge < -0.3 is 19.6 Å². The quantitative estimate of drug-likeness (QED) is 0.127. The first-order valence-corrected chi connectivity index (χ1v) is 26.8. The van der Waals surface area contributed by atoms with E-state index in [1.165, 1.54) is 49.1 Å². The number of anilines is 12. The van der Waals surface area contributed by atoms with Crippen molar-refractivity contribution >= 4 is 101 Å². The number of aromatic nitrogens is 1. The van der Waals surface area contributed by atoms with Gasteiger partial charge in [0, 0.05) is 53.2 Å². The standard InChI is InChI=1S/C71H56N5/c1-3-71(4-2)49-53-41-42-56(48-63(53)70-62-34-16-13-25-52(62)43-44-72(70)71)75-66-35-17-19-37-68(66)76(69-38-20-18-36-67(69)75)59-46-57(73(54-28-7-5-8-29-54)64-39-21-26-50-23-11-14-32-60(50)64)45-58(47-59)74(55-30-9-6-10-31-55)65-40-22-27-51-24-12-15-33-61(51)65/h5-48H,3-4,49H2,1-2H3/q+1. The third-order valence-electron chi connectivity index (χ3n) is 16.2. The van der Waals surface area contributed by atoms with Gasteiger partial charge in [0.1, 0.15) is 0 Å². The first-order chi connectivity index (χ1) is 37.6. The molecule has 0 saturated heterocycles. The fourth-order valence-corrected chi connectivity index (χ4v) is 12.5. The molecule has 0 fully saturated rings. The second kappa shape index (κ2) is 18.5. The van der Waals surface area contributed by atoms with Crippen LogP contribution in [0.1, 0.15) is 32.3 Å². The van der Waals surface area contributed by atoms with Crippen LogP contribution in [0, 0.1) is 0 Å². The van der Waals surface area contributed by atoms with Gasteiger partial charge in [0.2, 0.25) is 5.69 Å². The third kappa shape index (κ3) is 7.33. The summed E-state index contributed by atoms with van der Waals surface area (Å²) in [4.78, 5) is 9.85. The molecule has 0 radical (unpaired) electrons. The molecule has 0 amide bonds. The van der Waals surface area contributed by atoms with Gasteiger partial charge >= 0.3 is 0 Å². The zero-order valence-corrected chi connectivity index (χ0v) is 42.8. The highest BCUT2D eigenvalue weighted by atomic mass is 15.3. The Morgan fingerprint density at radius 3 is 1.33 bits per heavy atom. The Bertz CT molecular complexity index is 3960. The monoisotopic (exact) mass is 978 g/mol. The van der Waals surface area contributed by atoms with E-state index >= 15 is 0 Å². The van der Waals surface area contributed by atoms with Crippen molar-refractivity contribution in [1.29, 1.82) is 0 Å². The Hall–Kier alpha value is -9.45. The topological polar surface area (TPSA) is 16.8 Å². The van der Waals surface area contributed by atoms with E-state index in [4.69, 9.17) is 0 Å². The summed E-state index contributed by atoms with van der Waals surface area (Å²) in [6.45, 7) is 4.71. The molecule has 11 aromatic carbocycles. The summed E-state index contributed by atoms with van der Waals surface area (Å²) in [5.41, 5.74) is 17.0. The fourth-order valence-electron chi connectivity index (χ4n) is 12.5. The summed E-state index contributed by atoms with van der Waals surface area (Å²) in [6.07, 6.45) is 5.46. The van der Waals surface area contributed by atoms with Crippen LogP contribution >= 0.6 is 0 Å². The molecule has 14 rings (SSSR count). The minimum absolute atomic E-state index is 0.000500. The molecule has 0 bridgehead atoms.